The Bertz CT molecular complexity index is 489. The number of carbonyl (C=O) groups is 1. The lowest BCUT2D eigenvalue weighted by atomic mass is 9.63. The molecule has 0 aliphatic heterocycles. The van der Waals surface area contributed by atoms with E-state index in [2.05, 4.69) is 38.0 Å². The molecule has 21 heavy (non-hydrogen) atoms. The van der Waals surface area contributed by atoms with Crippen molar-refractivity contribution in [3.05, 3.63) is 12.0 Å². The summed E-state index contributed by atoms with van der Waals surface area (Å²) in [6.45, 7) is 11.3. The maximum atomic E-state index is 11.6. The molecule has 0 saturated heterocycles. The van der Waals surface area contributed by atoms with Crippen LogP contribution in [0.15, 0.2) is 10.7 Å². The molecule has 1 aliphatic rings. The van der Waals surface area contributed by atoms with Crippen LogP contribution in [0.5, 0.6) is 0 Å². The summed E-state index contributed by atoms with van der Waals surface area (Å²) in [6, 6.07) is 0.703. The van der Waals surface area contributed by atoms with Crippen LogP contribution in [-0.4, -0.2) is 23.6 Å². The lowest BCUT2D eigenvalue weighted by Crippen LogP contribution is -2.40. The first-order valence-corrected chi connectivity index (χ1v) is 7.60. The van der Waals surface area contributed by atoms with E-state index in [-0.39, 0.29) is 16.5 Å². The normalized spacial score (nSPS) is 21.0. The van der Waals surface area contributed by atoms with E-state index in [4.69, 9.17) is 9.15 Å². The summed E-state index contributed by atoms with van der Waals surface area (Å²) < 4.78 is 10.3. The number of esters is 1. The zero-order valence-corrected chi connectivity index (χ0v) is 13.7. The topological polar surface area (TPSA) is 64.4 Å². The Kier molecular flexibility index (Phi) is 4.30. The first-order valence-electron chi connectivity index (χ1n) is 7.60. The van der Waals surface area contributed by atoms with Gasteiger partial charge in [-0.25, -0.2) is 4.79 Å². The molecule has 0 aromatic carbocycles. The molecule has 1 saturated carbocycles. The van der Waals surface area contributed by atoms with Crippen molar-refractivity contribution in [1.82, 2.24) is 4.98 Å². The Morgan fingerprint density at radius 3 is 2.57 bits per heavy atom. The third-order valence-electron chi connectivity index (χ3n) is 3.87. The monoisotopic (exact) mass is 294 g/mol. The zero-order valence-electron chi connectivity index (χ0n) is 13.7. The quantitative estimate of drug-likeness (QED) is 0.854. The van der Waals surface area contributed by atoms with Gasteiger partial charge in [0.15, 0.2) is 5.69 Å². The lowest BCUT2D eigenvalue weighted by molar-refractivity contribution is 0.0519. The van der Waals surface area contributed by atoms with Gasteiger partial charge in [-0.3, -0.25) is 0 Å². The highest BCUT2D eigenvalue weighted by Gasteiger charge is 2.38. The van der Waals surface area contributed by atoms with Crippen LogP contribution in [0, 0.1) is 10.8 Å². The van der Waals surface area contributed by atoms with Gasteiger partial charge >= 0.3 is 5.97 Å². The molecule has 5 heteroatoms. The number of hydrogen-bond acceptors (Lipinski definition) is 5. The van der Waals surface area contributed by atoms with Crippen LogP contribution in [0.4, 0.5) is 6.01 Å². The third kappa shape index (κ3) is 4.22. The van der Waals surface area contributed by atoms with E-state index in [9.17, 15) is 4.79 Å². The summed E-state index contributed by atoms with van der Waals surface area (Å²) in [7, 11) is 0. The lowest BCUT2D eigenvalue weighted by Gasteiger charge is -2.44. The molecule has 0 bridgehead atoms. The first-order chi connectivity index (χ1) is 9.71. The van der Waals surface area contributed by atoms with E-state index < -0.39 is 5.97 Å². The summed E-state index contributed by atoms with van der Waals surface area (Å²) >= 11 is 0. The molecule has 0 atom stereocenters. The number of nitrogens with one attached hydrogen (secondary N) is 1. The summed E-state index contributed by atoms with van der Waals surface area (Å²) in [4.78, 5) is 15.7. The molecule has 0 unspecified atom stereocenters. The van der Waals surface area contributed by atoms with Crippen molar-refractivity contribution in [2.45, 2.75) is 59.9 Å². The molecule has 0 radical (unpaired) electrons. The molecular weight excluding hydrogens is 268 g/mol. The van der Waals surface area contributed by atoms with Gasteiger partial charge < -0.3 is 14.5 Å². The van der Waals surface area contributed by atoms with Gasteiger partial charge in [-0.2, -0.15) is 4.98 Å². The van der Waals surface area contributed by atoms with E-state index in [0.29, 0.717) is 18.7 Å². The van der Waals surface area contributed by atoms with E-state index in [1.165, 1.54) is 12.7 Å². The fraction of sp³-hybridized carbons (Fsp3) is 0.750. The number of rotatable bonds is 4. The molecule has 0 amide bonds. The highest BCUT2D eigenvalue weighted by Crippen LogP contribution is 2.46. The number of ether oxygens (including phenoxy) is 1. The smallest absolute Gasteiger partial charge is 0.360 e. The average Bonchev–Trinajstić information content (AvgIpc) is 2.73. The van der Waals surface area contributed by atoms with Crippen molar-refractivity contribution < 1.29 is 13.9 Å². The second-order valence-corrected chi connectivity index (χ2v) is 7.51. The van der Waals surface area contributed by atoms with Crippen molar-refractivity contribution in [2.75, 3.05) is 11.9 Å². The molecule has 1 aliphatic carbocycles. The van der Waals surface area contributed by atoms with Gasteiger partial charge in [0.2, 0.25) is 0 Å². The van der Waals surface area contributed by atoms with Crippen LogP contribution in [0.2, 0.25) is 0 Å². The van der Waals surface area contributed by atoms with Gasteiger partial charge in [-0.1, -0.05) is 27.7 Å². The minimum absolute atomic E-state index is 0.216. The van der Waals surface area contributed by atoms with E-state index in [0.717, 1.165) is 12.8 Å². The summed E-state index contributed by atoms with van der Waals surface area (Å²) in [5, 5.41) is 3.32. The Balaban J connectivity index is 2.03. The van der Waals surface area contributed by atoms with Gasteiger partial charge in [0.25, 0.3) is 6.01 Å². The SMILES string of the molecule is CCOC(=O)c1coc(NC2CC(C)(C)CC(C)(C)C2)n1. The van der Waals surface area contributed by atoms with Gasteiger partial charge in [0, 0.05) is 6.04 Å². The summed E-state index contributed by atoms with van der Waals surface area (Å²) in [5.74, 6) is -0.446. The molecule has 1 aromatic heterocycles. The molecular formula is C16H26N2O3. The molecule has 5 nitrogen and oxygen atoms in total. The maximum Gasteiger partial charge on any atom is 0.360 e. The second kappa shape index (κ2) is 5.70. The predicted octanol–water partition coefficient (Wildman–Crippen LogP) is 3.87. The van der Waals surface area contributed by atoms with Crippen LogP contribution < -0.4 is 5.32 Å². The average molecular weight is 294 g/mol. The molecule has 1 N–H and O–H groups in total. The largest absolute Gasteiger partial charge is 0.461 e. The van der Waals surface area contributed by atoms with E-state index in [1.54, 1.807) is 6.92 Å². The van der Waals surface area contributed by atoms with E-state index in [1.807, 2.05) is 0 Å². The van der Waals surface area contributed by atoms with E-state index >= 15 is 0 Å². The predicted molar refractivity (Wildman–Crippen MR) is 81.3 cm³/mol. The van der Waals surface area contributed by atoms with Gasteiger partial charge in [-0.15, -0.1) is 0 Å². The molecule has 2 rings (SSSR count). The second-order valence-electron chi connectivity index (χ2n) is 7.51. The van der Waals surface area contributed by atoms with Gasteiger partial charge in [0.1, 0.15) is 6.26 Å². The fourth-order valence-electron chi connectivity index (χ4n) is 3.76. The maximum absolute atomic E-state index is 11.6. The number of aromatic nitrogens is 1. The number of oxazole rings is 1. The summed E-state index contributed by atoms with van der Waals surface area (Å²) in [5.41, 5.74) is 0.792. The number of carbonyl (C=O) groups excluding carboxylic acids is 1. The van der Waals surface area contributed by atoms with Gasteiger partial charge in [0.05, 0.1) is 6.61 Å². The zero-order chi connectivity index (χ0) is 15.7. The highest BCUT2D eigenvalue weighted by atomic mass is 16.5. The molecule has 1 aromatic rings. The van der Waals surface area contributed by atoms with Crippen molar-refractivity contribution >= 4 is 12.0 Å². The molecule has 1 heterocycles. The Labute approximate surface area is 126 Å². The van der Waals surface area contributed by atoms with Gasteiger partial charge in [-0.05, 0) is 37.0 Å². The van der Waals surface area contributed by atoms with Crippen molar-refractivity contribution in [3.63, 3.8) is 0 Å². The van der Waals surface area contributed by atoms with Crippen LogP contribution in [0.1, 0.15) is 64.4 Å². The number of anilines is 1. The third-order valence-corrected chi connectivity index (χ3v) is 3.87. The van der Waals surface area contributed by atoms with Crippen LogP contribution in [0.25, 0.3) is 0 Å². The molecule has 0 spiro atoms. The standard InChI is InChI=1S/C16H26N2O3/c1-6-20-13(19)12-9-21-14(18-12)17-11-7-15(2,3)10-16(4,5)8-11/h9,11H,6-8,10H2,1-5H3,(H,17,18). The van der Waals surface area contributed by atoms with Crippen LogP contribution in [-0.2, 0) is 4.74 Å². The highest BCUT2D eigenvalue weighted by molar-refractivity contribution is 5.87. The minimum Gasteiger partial charge on any atom is -0.461 e. The molecule has 1 fully saturated rings. The number of hydrogen-bond donors (Lipinski definition) is 1. The Hall–Kier alpha value is -1.52. The minimum atomic E-state index is -0.446. The van der Waals surface area contributed by atoms with Crippen molar-refractivity contribution in [2.24, 2.45) is 10.8 Å². The van der Waals surface area contributed by atoms with Crippen molar-refractivity contribution in [3.8, 4) is 0 Å². The Morgan fingerprint density at radius 2 is 2.00 bits per heavy atom. The first kappa shape index (κ1) is 15.9. The summed E-state index contributed by atoms with van der Waals surface area (Å²) in [6.07, 6.45) is 4.68. The van der Waals surface area contributed by atoms with Crippen LogP contribution in [0.3, 0.4) is 0 Å². The number of nitrogens with zero attached hydrogens (tertiary/aromatic N) is 1. The fourth-order valence-corrected chi connectivity index (χ4v) is 3.76. The van der Waals surface area contributed by atoms with Crippen LogP contribution >= 0.6 is 0 Å². The molecule has 118 valence electrons. The Morgan fingerprint density at radius 1 is 1.38 bits per heavy atom. The van der Waals surface area contributed by atoms with Crippen molar-refractivity contribution in [1.29, 1.82) is 0 Å².